The second-order valence-corrected chi connectivity index (χ2v) is 5.99. The Morgan fingerprint density at radius 3 is 2.88 bits per heavy atom. The van der Waals surface area contributed by atoms with Gasteiger partial charge < -0.3 is 25.0 Å². The first-order chi connectivity index (χ1) is 11.7. The first-order valence-electron chi connectivity index (χ1n) is 8.29. The Labute approximate surface area is 153 Å². The van der Waals surface area contributed by atoms with E-state index in [0.29, 0.717) is 45.9 Å². The largest absolute Gasteiger partial charge is 0.492 e. The number of carbonyl (C=O) groups excluding carboxylic acids is 2. The molecule has 0 radical (unpaired) electrons. The summed E-state index contributed by atoms with van der Waals surface area (Å²) in [7, 11) is 0. The lowest BCUT2D eigenvalue weighted by Gasteiger charge is -2.24. The molecule has 2 atom stereocenters. The van der Waals surface area contributed by atoms with E-state index in [-0.39, 0.29) is 36.3 Å². The van der Waals surface area contributed by atoms with Crippen LogP contribution in [0.1, 0.15) is 6.42 Å². The molecule has 1 aromatic rings. The zero-order valence-electron chi connectivity index (χ0n) is 14.0. The van der Waals surface area contributed by atoms with E-state index in [0.717, 1.165) is 5.75 Å². The number of morpholine rings is 1. The number of benzene rings is 1. The molecule has 25 heavy (non-hydrogen) atoms. The Bertz CT molecular complexity index is 566. The summed E-state index contributed by atoms with van der Waals surface area (Å²) in [5.41, 5.74) is 0. The van der Waals surface area contributed by atoms with Gasteiger partial charge in [0, 0.05) is 19.5 Å². The van der Waals surface area contributed by atoms with Crippen LogP contribution < -0.4 is 15.4 Å². The minimum absolute atomic E-state index is 0. The first-order valence-corrected chi connectivity index (χ1v) is 8.29. The Kier molecular flexibility index (Phi) is 7.49. The fourth-order valence-electron chi connectivity index (χ4n) is 2.91. The van der Waals surface area contributed by atoms with Gasteiger partial charge >= 0.3 is 0 Å². The summed E-state index contributed by atoms with van der Waals surface area (Å²) in [6.07, 6.45) is 0.338. The van der Waals surface area contributed by atoms with Crippen LogP contribution in [0.3, 0.4) is 0 Å². The minimum Gasteiger partial charge on any atom is -0.492 e. The number of ether oxygens (including phenoxy) is 2. The van der Waals surface area contributed by atoms with Gasteiger partial charge in [0.15, 0.2) is 0 Å². The monoisotopic (exact) mass is 369 g/mol. The van der Waals surface area contributed by atoms with Crippen molar-refractivity contribution in [2.75, 3.05) is 39.5 Å². The number of halogens is 1. The number of rotatable bonds is 6. The standard InChI is InChI=1S/C17H23N3O4.ClH/c21-16-10-13(19-17(22)15-12-23-8-6-18-15)11-20(16)7-9-24-14-4-2-1-3-5-14;/h1-5,13,15,18H,6-12H2,(H,19,22);1H. The molecule has 2 aliphatic heterocycles. The first kappa shape index (κ1) is 19.5. The van der Waals surface area contributed by atoms with Crippen LogP contribution in [-0.4, -0.2) is 68.3 Å². The van der Waals surface area contributed by atoms with Gasteiger partial charge in [-0.1, -0.05) is 18.2 Å². The molecule has 2 saturated heterocycles. The average molecular weight is 370 g/mol. The molecule has 2 heterocycles. The average Bonchev–Trinajstić information content (AvgIpc) is 2.96. The van der Waals surface area contributed by atoms with Gasteiger partial charge in [0.05, 0.1) is 25.8 Å². The van der Waals surface area contributed by atoms with E-state index in [1.807, 2.05) is 30.3 Å². The maximum Gasteiger partial charge on any atom is 0.239 e. The van der Waals surface area contributed by atoms with E-state index in [1.165, 1.54) is 0 Å². The summed E-state index contributed by atoms with van der Waals surface area (Å²) in [6.45, 7) is 3.16. The highest BCUT2D eigenvalue weighted by Crippen LogP contribution is 2.13. The number of hydrogen-bond acceptors (Lipinski definition) is 5. The van der Waals surface area contributed by atoms with Crippen molar-refractivity contribution < 1.29 is 19.1 Å². The molecule has 2 fully saturated rings. The number of amides is 2. The Hall–Kier alpha value is -1.83. The van der Waals surface area contributed by atoms with E-state index in [9.17, 15) is 9.59 Å². The number of hydrogen-bond donors (Lipinski definition) is 2. The molecule has 0 spiro atoms. The highest BCUT2D eigenvalue weighted by molar-refractivity contribution is 5.85. The lowest BCUT2D eigenvalue weighted by atomic mass is 10.2. The van der Waals surface area contributed by atoms with E-state index in [2.05, 4.69) is 10.6 Å². The third kappa shape index (κ3) is 5.59. The summed E-state index contributed by atoms with van der Waals surface area (Å²) in [5, 5.41) is 6.04. The lowest BCUT2D eigenvalue weighted by Crippen LogP contribution is -2.53. The molecule has 0 aromatic heterocycles. The molecule has 8 heteroatoms. The van der Waals surface area contributed by atoms with Crippen LogP contribution in [0.15, 0.2) is 30.3 Å². The molecule has 0 aliphatic carbocycles. The zero-order chi connectivity index (χ0) is 16.8. The van der Waals surface area contributed by atoms with Gasteiger partial charge in [-0.25, -0.2) is 0 Å². The molecular weight excluding hydrogens is 346 g/mol. The zero-order valence-corrected chi connectivity index (χ0v) is 14.8. The van der Waals surface area contributed by atoms with Crippen molar-refractivity contribution in [3.63, 3.8) is 0 Å². The van der Waals surface area contributed by atoms with Gasteiger partial charge in [0.1, 0.15) is 18.4 Å². The third-order valence-corrected chi connectivity index (χ3v) is 4.17. The van der Waals surface area contributed by atoms with E-state index in [4.69, 9.17) is 9.47 Å². The van der Waals surface area contributed by atoms with Gasteiger partial charge in [-0.3, -0.25) is 9.59 Å². The van der Waals surface area contributed by atoms with E-state index >= 15 is 0 Å². The van der Waals surface area contributed by atoms with E-state index < -0.39 is 0 Å². The van der Waals surface area contributed by atoms with Crippen molar-refractivity contribution in [1.29, 1.82) is 0 Å². The molecule has 2 N–H and O–H groups in total. The van der Waals surface area contributed by atoms with Crippen molar-refractivity contribution in [1.82, 2.24) is 15.5 Å². The normalized spacial score (nSPS) is 23.0. The maximum absolute atomic E-state index is 12.2. The van der Waals surface area contributed by atoms with Crippen molar-refractivity contribution in [2.45, 2.75) is 18.5 Å². The summed E-state index contributed by atoms with van der Waals surface area (Å²) in [6, 6.07) is 9.03. The van der Waals surface area contributed by atoms with Gasteiger partial charge in [-0.15, -0.1) is 12.4 Å². The Balaban J connectivity index is 0.00000225. The van der Waals surface area contributed by atoms with Crippen LogP contribution in [0.4, 0.5) is 0 Å². The van der Waals surface area contributed by atoms with Gasteiger partial charge in [0.2, 0.25) is 11.8 Å². The molecule has 0 saturated carbocycles. The summed E-state index contributed by atoms with van der Waals surface area (Å²) in [4.78, 5) is 26.0. The molecule has 0 bridgehead atoms. The predicted octanol–water partition coefficient (Wildman–Crippen LogP) is 0.193. The van der Waals surface area contributed by atoms with Crippen LogP contribution in [-0.2, 0) is 14.3 Å². The topological polar surface area (TPSA) is 79.9 Å². The van der Waals surface area contributed by atoms with Crippen molar-refractivity contribution in [3.8, 4) is 5.75 Å². The molecule has 1 aromatic carbocycles. The molecule has 2 amide bonds. The number of para-hydroxylation sites is 1. The van der Waals surface area contributed by atoms with E-state index in [1.54, 1.807) is 4.90 Å². The lowest BCUT2D eigenvalue weighted by molar-refractivity contribution is -0.128. The Morgan fingerprint density at radius 2 is 2.16 bits per heavy atom. The summed E-state index contributed by atoms with van der Waals surface area (Å²) >= 11 is 0. The van der Waals surface area contributed by atoms with Gasteiger partial charge in [-0.2, -0.15) is 0 Å². The third-order valence-electron chi connectivity index (χ3n) is 4.17. The molecular formula is C17H24ClN3O4. The fraction of sp³-hybridized carbons (Fsp3) is 0.529. The Morgan fingerprint density at radius 1 is 1.36 bits per heavy atom. The highest BCUT2D eigenvalue weighted by Gasteiger charge is 2.32. The van der Waals surface area contributed by atoms with Crippen LogP contribution in [0, 0.1) is 0 Å². The predicted molar refractivity (Wildman–Crippen MR) is 94.9 cm³/mol. The quantitative estimate of drug-likeness (QED) is 0.748. The number of nitrogens with zero attached hydrogens (tertiary/aromatic N) is 1. The van der Waals surface area contributed by atoms with Crippen molar-refractivity contribution in [2.24, 2.45) is 0 Å². The number of likely N-dealkylation sites (tertiary alicyclic amines) is 1. The molecule has 2 aliphatic rings. The van der Waals surface area contributed by atoms with Crippen LogP contribution >= 0.6 is 12.4 Å². The number of nitrogens with one attached hydrogen (secondary N) is 2. The molecule has 2 unspecified atom stereocenters. The second kappa shape index (κ2) is 9.60. The second-order valence-electron chi connectivity index (χ2n) is 5.99. The van der Waals surface area contributed by atoms with Gasteiger partial charge in [-0.05, 0) is 12.1 Å². The summed E-state index contributed by atoms with van der Waals surface area (Å²) < 4.78 is 10.9. The highest BCUT2D eigenvalue weighted by atomic mass is 35.5. The molecule has 138 valence electrons. The van der Waals surface area contributed by atoms with Crippen LogP contribution in [0.25, 0.3) is 0 Å². The minimum atomic E-state index is -0.329. The van der Waals surface area contributed by atoms with Crippen LogP contribution in [0.2, 0.25) is 0 Å². The number of carbonyl (C=O) groups is 2. The van der Waals surface area contributed by atoms with Gasteiger partial charge in [0.25, 0.3) is 0 Å². The summed E-state index contributed by atoms with van der Waals surface area (Å²) in [5.74, 6) is 0.733. The smallest absolute Gasteiger partial charge is 0.239 e. The maximum atomic E-state index is 12.2. The molecule has 7 nitrogen and oxygen atoms in total. The van der Waals surface area contributed by atoms with Crippen molar-refractivity contribution in [3.05, 3.63) is 30.3 Å². The fourth-order valence-corrected chi connectivity index (χ4v) is 2.91. The SMILES string of the molecule is Cl.O=C(NC1CC(=O)N(CCOc2ccccc2)C1)C1COCCN1. The van der Waals surface area contributed by atoms with Crippen LogP contribution in [0.5, 0.6) is 5.75 Å². The molecule has 3 rings (SSSR count). The van der Waals surface area contributed by atoms with Crippen molar-refractivity contribution >= 4 is 24.2 Å².